The van der Waals surface area contributed by atoms with Crippen LogP contribution < -0.4 is 0 Å². The number of hydrogen-bond donors (Lipinski definition) is 0. The molecule has 1 fully saturated rings. The van der Waals surface area contributed by atoms with Gasteiger partial charge in [0.15, 0.2) is 0 Å². The Morgan fingerprint density at radius 2 is 2.15 bits per heavy atom. The van der Waals surface area contributed by atoms with Crippen molar-refractivity contribution in [3.05, 3.63) is 33.8 Å². The van der Waals surface area contributed by atoms with E-state index < -0.39 is 0 Å². The first-order chi connectivity index (χ1) is 6.19. The molecule has 0 bridgehead atoms. The lowest BCUT2D eigenvalue weighted by Crippen LogP contribution is -2.09. The maximum atomic E-state index is 10.9. The molecular formula is C11H11BrO. The first-order valence-electron chi connectivity index (χ1n) is 4.41. The summed E-state index contributed by atoms with van der Waals surface area (Å²) in [6.45, 7) is 2.06. The van der Waals surface area contributed by atoms with E-state index in [-0.39, 0.29) is 5.41 Å². The van der Waals surface area contributed by atoms with E-state index in [1.54, 1.807) is 0 Å². The summed E-state index contributed by atoms with van der Waals surface area (Å²) in [5.74, 6) is 0. The molecule has 0 unspecified atom stereocenters. The van der Waals surface area contributed by atoms with E-state index in [4.69, 9.17) is 0 Å². The third-order valence-corrected chi connectivity index (χ3v) is 3.68. The maximum absolute atomic E-state index is 10.9. The fourth-order valence-electron chi connectivity index (χ4n) is 1.73. The Morgan fingerprint density at radius 1 is 1.46 bits per heavy atom. The van der Waals surface area contributed by atoms with E-state index in [9.17, 15) is 4.79 Å². The van der Waals surface area contributed by atoms with Gasteiger partial charge in [-0.05, 0) is 37.0 Å². The van der Waals surface area contributed by atoms with E-state index in [2.05, 4.69) is 28.9 Å². The Morgan fingerprint density at radius 3 is 2.69 bits per heavy atom. The monoisotopic (exact) mass is 238 g/mol. The van der Waals surface area contributed by atoms with Crippen molar-refractivity contribution in [2.75, 3.05) is 0 Å². The minimum atomic E-state index is -0.145. The van der Waals surface area contributed by atoms with Gasteiger partial charge in [0.2, 0.25) is 0 Å². The molecule has 0 aromatic heterocycles. The second-order valence-electron chi connectivity index (χ2n) is 3.69. The van der Waals surface area contributed by atoms with Crippen LogP contribution in [0.4, 0.5) is 0 Å². The predicted octanol–water partition coefficient (Wildman–Crippen LogP) is 2.99. The van der Waals surface area contributed by atoms with Gasteiger partial charge in [0.05, 0.1) is 5.41 Å². The summed E-state index contributed by atoms with van der Waals surface area (Å²) in [4.78, 5) is 10.9. The molecule has 1 nitrogen and oxygen atoms in total. The normalized spacial score (nSPS) is 18.3. The first-order valence-corrected chi connectivity index (χ1v) is 5.21. The fraction of sp³-hybridized carbons (Fsp3) is 0.364. The summed E-state index contributed by atoms with van der Waals surface area (Å²) in [7, 11) is 0. The summed E-state index contributed by atoms with van der Waals surface area (Å²) in [5, 5.41) is 0. The molecule has 1 aromatic rings. The molecule has 68 valence electrons. The highest BCUT2D eigenvalue weighted by molar-refractivity contribution is 9.10. The Labute approximate surface area is 86.3 Å². The molecule has 1 aliphatic rings. The molecule has 0 spiro atoms. The molecule has 0 aliphatic heterocycles. The van der Waals surface area contributed by atoms with Crippen LogP contribution in [0.15, 0.2) is 22.7 Å². The summed E-state index contributed by atoms with van der Waals surface area (Å²) >= 11 is 3.48. The number of halogens is 1. The van der Waals surface area contributed by atoms with Gasteiger partial charge in [-0.3, -0.25) is 0 Å². The highest BCUT2D eigenvalue weighted by atomic mass is 79.9. The molecule has 0 amide bonds. The molecule has 0 atom stereocenters. The zero-order valence-corrected chi connectivity index (χ0v) is 9.10. The van der Waals surface area contributed by atoms with Crippen LogP contribution in [0.3, 0.4) is 0 Å². The molecule has 0 heterocycles. The molecule has 0 N–H and O–H groups in total. The van der Waals surface area contributed by atoms with Crippen LogP contribution in [0.1, 0.15) is 24.0 Å². The molecule has 0 radical (unpaired) electrons. The van der Waals surface area contributed by atoms with Gasteiger partial charge in [-0.25, -0.2) is 0 Å². The topological polar surface area (TPSA) is 17.1 Å². The third-order valence-electron chi connectivity index (χ3n) is 2.82. The van der Waals surface area contributed by atoms with Crippen molar-refractivity contribution in [3.8, 4) is 0 Å². The van der Waals surface area contributed by atoms with Crippen LogP contribution in [0.2, 0.25) is 0 Å². The zero-order valence-electron chi connectivity index (χ0n) is 7.51. The minimum Gasteiger partial charge on any atom is -0.302 e. The van der Waals surface area contributed by atoms with E-state index in [1.165, 1.54) is 11.1 Å². The van der Waals surface area contributed by atoms with Crippen LogP contribution in [0.5, 0.6) is 0 Å². The van der Waals surface area contributed by atoms with Gasteiger partial charge in [0.25, 0.3) is 0 Å². The molecule has 1 aromatic carbocycles. The lowest BCUT2D eigenvalue weighted by molar-refractivity contribution is -0.109. The molecule has 1 aliphatic carbocycles. The van der Waals surface area contributed by atoms with Crippen molar-refractivity contribution >= 4 is 22.2 Å². The quantitative estimate of drug-likeness (QED) is 0.725. The van der Waals surface area contributed by atoms with E-state index >= 15 is 0 Å². The van der Waals surface area contributed by atoms with Crippen molar-refractivity contribution in [1.82, 2.24) is 0 Å². The van der Waals surface area contributed by atoms with Gasteiger partial charge in [-0.15, -0.1) is 0 Å². The number of aldehydes is 1. The van der Waals surface area contributed by atoms with Crippen molar-refractivity contribution in [2.24, 2.45) is 0 Å². The third kappa shape index (κ3) is 1.33. The van der Waals surface area contributed by atoms with Gasteiger partial charge in [-0.2, -0.15) is 0 Å². The van der Waals surface area contributed by atoms with Gasteiger partial charge < -0.3 is 4.79 Å². The molecular weight excluding hydrogens is 228 g/mol. The summed E-state index contributed by atoms with van der Waals surface area (Å²) < 4.78 is 1.10. The maximum Gasteiger partial charge on any atom is 0.130 e. The van der Waals surface area contributed by atoms with E-state index in [0.717, 1.165) is 23.6 Å². The van der Waals surface area contributed by atoms with Gasteiger partial charge >= 0.3 is 0 Å². The number of carbonyl (C=O) groups excluding carboxylic acids is 1. The summed E-state index contributed by atoms with van der Waals surface area (Å²) in [5.41, 5.74) is 2.25. The summed E-state index contributed by atoms with van der Waals surface area (Å²) in [6, 6.07) is 6.07. The Balaban J connectivity index is 2.52. The highest BCUT2D eigenvalue weighted by Crippen LogP contribution is 2.48. The second kappa shape index (κ2) is 2.95. The fourth-order valence-corrected chi connectivity index (χ4v) is 2.10. The lowest BCUT2D eigenvalue weighted by atomic mass is 9.93. The van der Waals surface area contributed by atoms with Crippen LogP contribution in [-0.2, 0) is 10.2 Å². The standard InChI is InChI=1S/C11H11BrO/c1-8-9(3-2-4-10(8)12)11(7-13)5-6-11/h2-4,7H,5-6H2,1H3. The van der Waals surface area contributed by atoms with Crippen LogP contribution in [0.25, 0.3) is 0 Å². The number of hydrogen-bond acceptors (Lipinski definition) is 1. The average Bonchev–Trinajstić information content (AvgIpc) is 2.90. The first kappa shape index (κ1) is 8.95. The predicted molar refractivity (Wildman–Crippen MR) is 55.9 cm³/mol. The number of rotatable bonds is 2. The number of benzene rings is 1. The Hall–Kier alpha value is -0.630. The largest absolute Gasteiger partial charge is 0.302 e. The van der Waals surface area contributed by atoms with Crippen molar-refractivity contribution in [1.29, 1.82) is 0 Å². The molecule has 1 saturated carbocycles. The van der Waals surface area contributed by atoms with Gasteiger partial charge in [0, 0.05) is 4.47 Å². The van der Waals surface area contributed by atoms with Gasteiger partial charge in [0.1, 0.15) is 6.29 Å². The van der Waals surface area contributed by atoms with Crippen LogP contribution in [-0.4, -0.2) is 6.29 Å². The second-order valence-corrected chi connectivity index (χ2v) is 4.54. The minimum absolute atomic E-state index is 0.145. The Kier molecular flexibility index (Phi) is 2.03. The molecule has 13 heavy (non-hydrogen) atoms. The van der Waals surface area contributed by atoms with Crippen molar-refractivity contribution in [2.45, 2.75) is 25.2 Å². The average molecular weight is 239 g/mol. The smallest absolute Gasteiger partial charge is 0.130 e. The SMILES string of the molecule is Cc1c(Br)cccc1C1(C=O)CC1. The molecule has 2 rings (SSSR count). The zero-order chi connectivity index (χ0) is 9.47. The Bertz CT molecular complexity index is 353. The van der Waals surface area contributed by atoms with Crippen LogP contribution in [0, 0.1) is 6.92 Å². The summed E-state index contributed by atoms with van der Waals surface area (Å²) in [6.07, 6.45) is 3.11. The van der Waals surface area contributed by atoms with Gasteiger partial charge in [-0.1, -0.05) is 28.1 Å². The molecule has 2 heteroatoms. The van der Waals surface area contributed by atoms with E-state index in [0.29, 0.717) is 0 Å². The van der Waals surface area contributed by atoms with Crippen LogP contribution >= 0.6 is 15.9 Å². The van der Waals surface area contributed by atoms with Crippen molar-refractivity contribution < 1.29 is 4.79 Å². The van der Waals surface area contributed by atoms with Crippen molar-refractivity contribution in [3.63, 3.8) is 0 Å². The van der Waals surface area contributed by atoms with E-state index in [1.807, 2.05) is 12.1 Å². The number of carbonyl (C=O) groups is 1. The highest BCUT2D eigenvalue weighted by Gasteiger charge is 2.45. The molecule has 0 saturated heterocycles. The lowest BCUT2D eigenvalue weighted by Gasteiger charge is -2.12.